The van der Waals surface area contributed by atoms with Gasteiger partial charge in [-0.15, -0.1) is 0 Å². The Balaban J connectivity index is 1.64. The number of rotatable bonds is 4. The van der Waals surface area contributed by atoms with Gasteiger partial charge in [-0.3, -0.25) is 4.79 Å². The fraction of sp³-hybridized carbons (Fsp3) is 0.0556. The first-order valence-corrected chi connectivity index (χ1v) is 7.57. The summed E-state index contributed by atoms with van der Waals surface area (Å²) in [5.74, 6) is -1.13. The zero-order valence-electron chi connectivity index (χ0n) is 12.5. The Morgan fingerprint density at radius 2 is 1.88 bits per heavy atom. The fourth-order valence-corrected chi connectivity index (χ4v) is 2.40. The predicted octanol–water partition coefficient (Wildman–Crippen LogP) is 3.68. The zero-order chi connectivity index (χ0) is 16.9. The molecule has 0 aliphatic carbocycles. The highest BCUT2D eigenvalue weighted by Gasteiger charge is 2.12. The summed E-state index contributed by atoms with van der Waals surface area (Å²) in [6.45, 7) is -0.407. The highest BCUT2D eigenvalue weighted by molar-refractivity contribution is 6.30. The molecule has 0 unspecified atom stereocenters. The Labute approximate surface area is 143 Å². The molecule has 0 saturated heterocycles. The number of fused-ring (bicyclic) bond motifs is 1. The fourth-order valence-electron chi connectivity index (χ4n) is 2.24. The van der Waals surface area contributed by atoms with Crippen molar-refractivity contribution in [2.24, 2.45) is 0 Å². The third kappa shape index (κ3) is 3.70. The van der Waals surface area contributed by atoms with Gasteiger partial charge in [-0.05, 0) is 23.6 Å². The van der Waals surface area contributed by atoms with E-state index < -0.39 is 18.5 Å². The number of amides is 1. The lowest BCUT2D eigenvalue weighted by Crippen LogP contribution is -2.21. The van der Waals surface area contributed by atoms with E-state index in [1.165, 1.54) is 12.3 Å². The number of hydrogen-bond acceptors (Lipinski definition) is 4. The van der Waals surface area contributed by atoms with Gasteiger partial charge in [0, 0.05) is 22.3 Å². The first-order chi connectivity index (χ1) is 11.6. The molecule has 0 aliphatic heterocycles. The van der Waals surface area contributed by atoms with Gasteiger partial charge in [0.05, 0.1) is 0 Å². The molecular formula is C18H13ClN2O3. The number of halogens is 1. The molecule has 120 valence electrons. The van der Waals surface area contributed by atoms with Crippen molar-refractivity contribution >= 4 is 39.9 Å². The predicted molar refractivity (Wildman–Crippen MR) is 92.1 cm³/mol. The molecule has 0 saturated carbocycles. The van der Waals surface area contributed by atoms with Crippen LogP contribution in [0.15, 0.2) is 60.8 Å². The molecule has 1 aromatic heterocycles. The van der Waals surface area contributed by atoms with Crippen molar-refractivity contribution in [2.75, 3.05) is 11.9 Å². The monoisotopic (exact) mass is 340 g/mol. The van der Waals surface area contributed by atoms with E-state index in [2.05, 4.69) is 10.3 Å². The topological polar surface area (TPSA) is 68.3 Å². The SMILES string of the molecule is O=C(COC(=O)c1cc(Cl)ccn1)Nc1cccc2ccccc12. The number of nitrogens with one attached hydrogen (secondary N) is 1. The van der Waals surface area contributed by atoms with Gasteiger partial charge in [-0.1, -0.05) is 48.0 Å². The van der Waals surface area contributed by atoms with Gasteiger partial charge in [0.15, 0.2) is 6.61 Å². The maximum absolute atomic E-state index is 12.0. The molecule has 3 rings (SSSR count). The Hall–Kier alpha value is -2.92. The Bertz CT molecular complexity index is 906. The van der Waals surface area contributed by atoms with Crippen molar-refractivity contribution in [3.8, 4) is 0 Å². The van der Waals surface area contributed by atoms with E-state index >= 15 is 0 Å². The molecular weight excluding hydrogens is 328 g/mol. The molecule has 0 spiro atoms. The summed E-state index contributed by atoms with van der Waals surface area (Å²) >= 11 is 5.79. The van der Waals surface area contributed by atoms with E-state index in [9.17, 15) is 9.59 Å². The second kappa shape index (κ2) is 7.10. The minimum Gasteiger partial charge on any atom is -0.451 e. The maximum atomic E-state index is 12.0. The van der Waals surface area contributed by atoms with E-state index in [0.717, 1.165) is 10.8 Å². The number of carbonyl (C=O) groups is 2. The molecule has 0 aliphatic rings. The van der Waals surface area contributed by atoms with Crippen LogP contribution >= 0.6 is 11.6 Å². The first-order valence-electron chi connectivity index (χ1n) is 7.20. The average molecular weight is 341 g/mol. The van der Waals surface area contributed by atoms with Gasteiger partial charge in [-0.2, -0.15) is 0 Å². The molecule has 0 bridgehead atoms. The molecule has 6 heteroatoms. The summed E-state index contributed by atoms with van der Waals surface area (Å²) in [5.41, 5.74) is 0.718. The number of carbonyl (C=O) groups excluding carboxylic acids is 2. The third-order valence-corrected chi connectivity index (χ3v) is 3.56. The number of pyridine rings is 1. The van der Waals surface area contributed by atoms with Crippen LogP contribution in [0.4, 0.5) is 5.69 Å². The normalized spacial score (nSPS) is 10.4. The number of nitrogens with zero attached hydrogens (tertiary/aromatic N) is 1. The summed E-state index contributed by atoms with van der Waals surface area (Å²) in [4.78, 5) is 27.7. The lowest BCUT2D eigenvalue weighted by Gasteiger charge is -2.09. The van der Waals surface area contributed by atoms with Crippen LogP contribution in [0.5, 0.6) is 0 Å². The van der Waals surface area contributed by atoms with Crippen LogP contribution in [0.25, 0.3) is 10.8 Å². The van der Waals surface area contributed by atoms with Gasteiger partial charge in [0.25, 0.3) is 5.91 Å². The van der Waals surface area contributed by atoms with E-state index in [0.29, 0.717) is 10.7 Å². The van der Waals surface area contributed by atoms with Crippen molar-refractivity contribution in [2.45, 2.75) is 0 Å². The van der Waals surface area contributed by atoms with Crippen molar-refractivity contribution in [1.82, 2.24) is 4.98 Å². The number of benzene rings is 2. The molecule has 2 aromatic carbocycles. The summed E-state index contributed by atoms with van der Waals surface area (Å²) in [7, 11) is 0. The zero-order valence-corrected chi connectivity index (χ0v) is 13.3. The van der Waals surface area contributed by atoms with E-state index in [1.54, 1.807) is 12.1 Å². The third-order valence-electron chi connectivity index (χ3n) is 3.33. The molecule has 0 fully saturated rings. The van der Waals surface area contributed by atoms with Crippen molar-refractivity contribution < 1.29 is 14.3 Å². The second-order valence-electron chi connectivity index (χ2n) is 5.01. The lowest BCUT2D eigenvalue weighted by atomic mass is 10.1. The summed E-state index contributed by atoms with van der Waals surface area (Å²) in [5, 5.41) is 5.04. The van der Waals surface area contributed by atoms with Crippen LogP contribution in [0.2, 0.25) is 5.02 Å². The Morgan fingerprint density at radius 3 is 2.71 bits per heavy atom. The second-order valence-corrected chi connectivity index (χ2v) is 5.45. The van der Waals surface area contributed by atoms with E-state index in [-0.39, 0.29) is 5.69 Å². The quantitative estimate of drug-likeness (QED) is 0.735. The molecule has 3 aromatic rings. The molecule has 24 heavy (non-hydrogen) atoms. The van der Waals surface area contributed by atoms with Crippen molar-refractivity contribution in [1.29, 1.82) is 0 Å². The Morgan fingerprint density at radius 1 is 1.08 bits per heavy atom. The minimum absolute atomic E-state index is 0.0560. The van der Waals surface area contributed by atoms with Crippen molar-refractivity contribution in [3.63, 3.8) is 0 Å². The van der Waals surface area contributed by atoms with Crippen LogP contribution in [-0.2, 0) is 9.53 Å². The van der Waals surface area contributed by atoms with Gasteiger partial charge >= 0.3 is 5.97 Å². The smallest absolute Gasteiger partial charge is 0.357 e. The molecule has 1 N–H and O–H groups in total. The molecule has 0 atom stereocenters. The van der Waals surface area contributed by atoms with Crippen LogP contribution < -0.4 is 5.32 Å². The van der Waals surface area contributed by atoms with Gasteiger partial charge in [0.2, 0.25) is 0 Å². The average Bonchev–Trinajstić information content (AvgIpc) is 2.60. The van der Waals surface area contributed by atoms with Gasteiger partial charge < -0.3 is 10.1 Å². The number of hydrogen-bond donors (Lipinski definition) is 1. The number of aromatic nitrogens is 1. The number of anilines is 1. The number of esters is 1. The van der Waals surface area contributed by atoms with E-state index in [1.807, 2.05) is 36.4 Å². The van der Waals surface area contributed by atoms with Crippen molar-refractivity contribution in [3.05, 3.63) is 71.5 Å². The molecule has 5 nitrogen and oxygen atoms in total. The number of ether oxygens (including phenoxy) is 1. The summed E-state index contributed by atoms with van der Waals surface area (Å²) < 4.78 is 4.96. The van der Waals surface area contributed by atoms with Crippen LogP contribution in [0.3, 0.4) is 0 Å². The largest absolute Gasteiger partial charge is 0.451 e. The first kappa shape index (κ1) is 16.0. The molecule has 1 amide bonds. The lowest BCUT2D eigenvalue weighted by molar-refractivity contribution is -0.119. The minimum atomic E-state index is -0.703. The van der Waals surface area contributed by atoms with Crippen LogP contribution in [-0.4, -0.2) is 23.5 Å². The van der Waals surface area contributed by atoms with Crippen LogP contribution in [0.1, 0.15) is 10.5 Å². The van der Waals surface area contributed by atoms with E-state index in [4.69, 9.17) is 16.3 Å². The summed E-state index contributed by atoms with van der Waals surface area (Å²) in [6, 6.07) is 16.2. The maximum Gasteiger partial charge on any atom is 0.357 e. The Kier molecular flexibility index (Phi) is 4.72. The van der Waals surface area contributed by atoms with Gasteiger partial charge in [0.1, 0.15) is 5.69 Å². The summed E-state index contributed by atoms with van der Waals surface area (Å²) in [6.07, 6.45) is 1.40. The van der Waals surface area contributed by atoms with Gasteiger partial charge in [-0.25, -0.2) is 9.78 Å². The highest BCUT2D eigenvalue weighted by Crippen LogP contribution is 2.22. The van der Waals surface area contributed by atoms with Crippen LogP contribution in [0, 0.1) is 0 Å². The highest BCUT2D eigenvalue weighted by atomic mass is 35.5. The molecule has 1 heterocycles. The standard InChI is InChI=1S/C18H13ClN2O3/c19-13-8-9-20-16(10-13)18(23)24-11-17(22)21-15-7-3-5-12-4-1-2-6-14(12)15/h1-10H,11H2,(H,21,22). The molecule has 0 radical (unpaired) electrons.